The molecule has 6 heteroatoms. The number of amides is 1. The van der Waals surface area contributed by atoms with Gasteiger partial charge in [-0.1, -0.05) is 0 Å². The number of hydrogen-bond donors (Lipinski definition) is 1. The number of nitrogens with zero attached hydrogens (tertiary/aromatic N) is 2. The van der Waals surface area contributed by atoms with E-state index in [1.807, 2.05) is 6.07 Å². The molecule has 6 nitrogen and oxygen atoms in total. The van der Waals surface area contributed by atoms with E-state index < -0.39 is 5.97 Å². The van der Waals surface area contributed by atoms with Gasteiger partial charge in [-0.15, -0.1) is 0 Å². The smallest absolute Gasteiger partial charge is 0.303 e. The largest absolute Gasteiger partial charge is 0.481 e. The summed E-state index contributed by atoms with van der Waals surface area (Å²) in [5.74, 6) is -0.431. The van der Waals surface area contributed by atoms with E-state index in [0.29, 0.717) is 25.3 Å². The molecular weight excluding hydrogens is 248 g/mol. The maximum absolute atomic E-state index is 11.9. The number of hydrogen-bond acceptors (Lipinski definition) is 4. The number of carbonyl (C=O) groups excluding carboxylic acids is 1. The molecule has 1 aromatic rings. The van der Waals surface area contributed by atoms with Crippen LogP contribution in [0.25, 0.3) is 0 Å². The third-order valence-electron chi connectivity index (χ3n) is 2.55. The second kappa shape index (κ2) is 7.93. The summed E-state index contributed by atoms with van der Waals surface area (Å²) in [7, 11) is 0. The molecule has 0 spiro atoms. The average molecular weight is 264 g/mol. The van der Waals surface area contributed by atoms with Crippen molar-refractivity contribution in [1.82, 2.24) is 4.90 Å². The minimum Gasteiger partial charge on any atom is -0.481 e. The normalized spacial score (nSPS) is 9.84. The molecule has 0 aliphatic carbocycles. The summed E-state index contributed by atoms with van der Waals surface area (Å²) in [6.07, 6.45) is 2.20. The minimum atomic E-state index is -0.914. The number of aliphatic carboxylic acids is 1. The molecule has 0 saturated carbocycles. The van der Waals surface area contributed by atoms with E-state index >= 15 is 0 Å². The van der Waals surface area contributed by atoms with Crippen LogP contribution < -0.4 is 0 Å². The minimum absolute atomic E-state index is 0.0292. The Bertz CT molecular complexity index is 448. The third kappa shape index (κ3) is 5.73. The standard InChI is InChI=1S/C13H16N2O4/c14-7-3-8-15(10-11-4-2-9-19-11)12(16)5-1-6-13(17)18/h2,4,9H,1,3,5-6,8,10H2,(H,17,18). The van der Waals surface area contributed by atoms with Gasteiger partial charge in [-0.2, -0.15) is 5.26 Å². The van der Waals surface area contributed by atoms with Gasteiger partial charge in [0.05, 0.1) is 25.3 Å². The van der Waals surface area contributed by atoms with Crippen LogP contribution in [0.1, 0.15) is 31.4 Å². The van der Waals surface area contributed by atoms with Gasteiger partial charge in [0.2, 0.25) is 5.91 Å². The van der Waals surface area contributed by atoms with E-state index in [2.05, 4.69) is 0 Å². The van der Waals surface area contributed by atoms with Crippen molar-refractivity contribution in [3.63, 3.8) is 0 Å². The summed E-state index contributed by atoms with van der Waals surface area (Å²) in [6.45, 7) is 0.629. The molecule has 0 aliphatic rings. The van der Waals surface area contributed by atoms with Crippen LogP contribution >= 0.6 is 0 Å². The summed E-state index contributed by atoms with van der Waals surface area (Å²) in [5.41, 5.74) is 0. The quantitative estimate of drug-likeness (QED) is 0.772. The zero-order valence-electron chi connectivity index (χ0n) is 10.5. The van der Waals surface area contributed by atoms with Crippen molar-refractivity contribution in [2.24, 2.45) is 0 Å². The van der Waals surface area contributed by atoms with Crippen LogP contribution in [0.2, 0.25) is 0 Å². The molecule has 1 amide bonds. The Balaban J connectivity index is 2.50. The Morgan fingerprint density at radius 2 is 2.21 bits per heavy atom. The number of carboxylic acids is 1. The molecule has 0 saturated heterocycles. The van der Waals surface area contributed by atoms with Crippen molar-refractivity contribution in [3.8, 4) is 6.07 Å². The van der Waals surface area contributed by atoms with Crippen LogP contribution in [-0.2, 0) is 16.1 Å². The molecule has 102 valence electrons. The zero-order chi connectivity index (χ0) is 14.1. The average Bonchev–Trinajstić information content (AvgIpc) is 2.86. The van der Waals surface area contributed by atoms with Crippen LogP contribution in [0.3, 0.4) is 0 Å². The fourth-order valence-corrected chi connectivity index (χ4v) is 1.62. The van der Waals surface area contributed by atoms with Crippen LogP contribution in [0.15, 0.2) is 22.8 Å². The first-order valence-electron chi connectivity index (χ1n) is 6.02. The van der Waals surface area contributed by atoms with Crippen LogP contribution in [0, 0.1) is 11.3 Å². The highest BCUT2D eigenvalue weighted by molar-refractivity contribution is 5.77. The van der Waals surface area contributed by atoms with E-state index in [0.717, 1.165) is 0 Å². The lowest BCUT2D eigenvalue weighted by Gasteiger charge is -2.20. The number of rotatable bonds is 8. The van der Waals surface area contributed by atoms with Gasteiger partial charge in [0.15, 0.2) is 0 Å². The molecular formula is C13H16N2O4. The first kappa shape index (κ1) is 14.8. The fraction of sp³-hybridized carbons (Fsp3) is 0.462. The Hall–Kier alpha value is -2.29. The highest BCUT2D eigenvalue weighted by Crippen LogP contribution is 2.09. The third-order valence-corrected chi connectivity index (χ3v) is 2.55. The van der Waals surface area contributed by atoms with Gasteiger partial charge < -0.3 is 14.4 Å². The molecule has 0 radical (unpaired) electrons. The maximum Gasteiger partial charge on any atom is 0.303 e. The lowest BCUT2D eigenvalue weighted by Crippen LogP contribution is -2.31. The summed E-state index contributed by atoms with van der Waals surface area (Å²) >= 11 is 0. The van der Waals surface area contributed by atoms with Crippen molar-refractivity contribution in [3.05, 3.63) is 24.2 Å². The zero-order valence-corrected chi connectivity index (χ0v) is 10.5. The molecule has 1 aromatic heterocycles. The van der Waals surface area contributed by atoms with E-state index in [1.54, 1.807) is 12.1 Å². The van der Waals surface area contributed by atoms with Crippen molar-refractivity contribution in [2.75, 3.05) is 6.54 Å². The van der Waals surface area contributed by atoms with E-state index in [-0.39, 0.29) is 25.2 Å². The summed E-state index contributed by atoms with van der Waals surface area (Å²) < 4.78 is 5.17. The van der Waals surface area contributed by atoms with Gasteiger partial charge in [0, 0.05) is 19.4 Å². The fourth-order valence-electron chi connectivity index (χ4n) is 1.62. The van der Waals surface area contributed by atoms with Crippen molar-refractivity contribution in [1.29, 1.82) is 5.26 Å². The van der Waals surface area contributed by atoms with Crippen molar-refractivity contribution < 1.29 is 19.1 Å². The van der Waals surface area contributed by atoms with Gasteiger partial charge in [-0.3, -0.25) is 9.59 Å². The second-order valence-electron chi connectivity index (χ2n) is 4.05. The van der Waals surface area contributed by atoms with Crippen LogP contribution in [0.4, 0.5) is 0 Å². The molecule has 0 aliphatic heterocycles. The number of furan rings is 1. The molecule has 1 rings (SSSR count). The molecule has 1 heterocycles. The summed E-state index contributed by atoms with van der Waals surface area (Å²) in [5, 5.41) is 17.1. The van der Waals surface area contributed by atoms with E-state index in [1.165, 1.54) is 11.2 Å². The number of nitriles is 1. The number of carboxylic acid groups (broad SMARTS) is 1. The van der Waals surface area contributed by atoms with Crippen LogP contribution in [-0.4, -0.2) is 28.4 Å². The first-order chi connectivity index (χ1) is 9.13. The van der Waals surface area contributed by atoms with Crippen molar-refractivity contribution in [2.45, 2.75) is 32.2 Å². The monoisotopic (exact) mass is 264 g/mol. The molecule has 0 aromatic carbocycles. The highest BCUT2D eigenvalue weighted by Gasteiger charge is 2.15. The predicted molar refractivity (Wildman–Crippen MR) is 65.8 cm³/mol. The lowest BCUT2D eigenvalue weighted by atomic mass is 10.2. The molecule has 1 N–H and O–H groups in total. The Morgan fingerprint density at radius 3 is 2.79 bits per heavy atom. The maximum atomic E-state index is 11.9. The van der Waals surface area contributed by atoms with E-state index in [9.17, 15) is 9.59 Å². The molecule has 0 bridgehead atoms. The Morgan fingerprint density at radius 1 is 1.42 bits per heavy atom. The second-order valence-corrected chi connectivity index (χ2v) is 4.05. The molecule has 0 fully saturated rings. The van der Waals surface area contributed by atoms with Gasteiger partial charge in [-0.05, 0) is 18.6 Å². The SMILES string of the molecule is N#CCCN(Cc1ccco1)C(=O)CCCC(=O)O. The highest BCUT2D eigenvalue weighted by atomic mass is 16.4. The predicted octanol–water partition coefficient (Wildman–Crippen LogP) is 1.78. The van der Waals surface area contributed by atoms with Crippen LogP contribution in [0.5, 0.6) is 0 Å². The molecule has 0 atom stereocenters. The molecule has 19 heavy (non-hydrogen) atoms. The van der Waals surface area contributed by atoms with Gasteiger partial charge in [-0.25, -0.2) is 0 Å². The Kier molecular flexibility index (Phi) is 6.16. The van der Waals surface area contributed by atoms with Gasteiger partial charge in [0.1, 0.15) is 5.76 Å². The lowest BCUT2D eigenvalue weighted by molar-refractivity contribution is -0.137. The Labute approximate surface area is 111 Å². The molecule has 0 unspecified atom stereocenters. The van der Waals surface area contributed by atoms with Crippen molar-refractivity contribution >= 4 is 11.9 Å². The number of carbonyl (C=O) groups is 2. The summed E-state index contributed by atoms with van der Waals surface area (Å²) in [4.78, 5) is 23.9. The van der Waals surface area contributed by atoms with E-state index in [4.69, 9.17) is 14.8 Å². The topological polar surface area (TPSA) is 94.5 Å². The summed E-state index contributed by atoms with van der Waals surface area (Å²) in [6, 6.07) is 5.47. The van der Waals surface area contributed by atoms with Gasteiger partial charge in [0.25, 0.3) is 0 Å². The first-order valence-corrected chi connectivity index (χ1v) is 6.02. The van der Waals surface area contributed by atoms with Gasteiger partial charge >= 0.3 is 5.97 Å².